The van der Waals surface area contributed by atoms with E-state index < -0.39 is 0 Å². The van der Waals surface area contributed by atoms with Crippen LogP contribution in [0.25, 0.3) is 0 Å². The lowest BCUT2D eigenvalue weighted by Crippen LogP contribution is -1.86. The fraction of sp³-hybridized carbons (Fsp3) is 0.143. The van der Waals surface area contributed by atoms with E-state index in [-0.39, 0.29) is 0 Å². The van der Waals surface area contributed by atoms with E-state index in [4.69, 9.17) is 11.6 Å². The summed E-state index contributed by atoms with van der Waals surface area (Å²) < 4.78 is 1.52. The van der Waals surface area contributed by atoms with E-state index in [1.165, 1.54) is 29.4 Å². The van der Waals surface area contributed by atoms with Crippen molar-refractivity contribution in [2.24, 2.45) is 0 Å². The van der Waals surface area contributed by atoms with Gasteiger partial charge in [-0.2, -0.15) is 0 Å². The summed E-state index contributed by atoms with van der Waals surface area (Å²) in [6.07, 6.45) is 1.42. The molecule has 0 N–H and O–H groups in total. The number of rotatable bonds is 2. The van der Waals surface area contributed by atoms with Crippen LogP contribution in [0.5, 0.6) is 0 Å². The Labute approximate surface area is 108 Å². The predicted octanol–water partition coefficient (Wildman–Crippen LogP) is 3.20. The Morgan fingerprint density at radius 3 is 2.87 bits per heavy atom. The van der Waals surface area contributed by atoms with E-state index in [2.05, 4.69) is 36.1 Å². The summed E-state index contributed by atoms with van der Waals surface area (Å²) in [7, 11) is 0. The third-order valence-corrected chi connectivity index (χ3v) is 4.83. The highest BCUT2D eigenvalue weighted by molar-refractivity contribution is 9.10. The summed E-state index contributed by atoms with van der Waals surface area (Å²) in [5, 5.41) is 9.97. The molecule has 0 saturated heterocycles. The second kappa shape index (κ2) is 4.73. The minimum atomic E-state index is 0.397. The molecule has 0 unspecified atom stereocenters. The summed E-state index contributed by atoms with van der Waals surface area (Å²) >= 11 is 12.1. The molecule has 0 saturated carbocycles. The van der Waals surface area contributed by atoms with Gasteiger partial charge in [-0.05, 0) is 34.6 Å². The molecule has 2 rings (SSSR count). The van der Waals surface area contributed by atoms with Gasteiger partial charge in [-0.3, -0.25) is 0 Å². The Morgan fingerprint density at radius 2 is 2.20 bits per heavy atom. The molecule has 2 heterocycles. The van der Waals surface area contributed by atoms with Crippen molar-refractivity contribution >= 4 is 50.6 Å². The van der Waals surface area contributed by atoms with Crippen LogP contribution in [0.3, 0.4) is 0 Å². The predicted molar refractivity (Wildman–Crippen MR) is 63.5 cm³/mol. The van der Waals surface area contributed by atoms with E-state index in [0.29, 0.717) is 9.63 Å². The number of aromatic nitrogens is 4. The van der Waals surface area contributed by atoms with Crippen LogP contribution in [0, 0.1) is 6.92 Å². The van der Waals surface area contributed by atoms with Gasteiger partial charge >= 0.3 is 0 Å². The topological polar surface area (TPSA) is 51.6 Å². The molecular formula is C7H4BrClN4S2. The van der Waals surface area contributed by atoms with Gasteiger partial charge in [-0.1, -0.05) is 22.9 Å². The lowest BCUT2D eigenvalue weighted by Gasteiger charge is -1.99. The molecule has 2 aromatic heterocycles. The lowest BCUT2D eigenvalue weighted by atomic mass is 10.7. The molecule has 15 heavy (non-hydrogen) atoms. The van der Waals surface area contributed by atoms with Gasteiger partial charge in [-0.25, -0.2) is 9.97 Å². The molecule has 0 aromatic carbocycles. The van der Waals surface area contributed by atoms with Gasteiger partial charge in [0, 0.05) is 0 Å². The first-order valence-electron chi connectivity index (χ1n) is 3.81. The fourth-order valence-electron chi connectivity index (χ4n) is 0.807. The smallest absolute Gasteiger partial charge is 0.180 e. The van der Waals surface area contributed by atoms with E-state index in [1.807, 2.05) is 6.92 Å². The molecule has 0 fully saturated rings. The molecule has 0 amide bonds. The lowest BCUT2D eigenvalue weighted by molar-refractivity contribution is 0.974. The Hall–Kier alpha value is -0.240. The van der Waals surface area contributed by atoms with Crippen molar-refractivity contribution in [3.8, 4) is 0 Å². The largest absolute Gasteiger partial charge is 0.228 e. The first-order chi connectivity index (χ1) is 7.16. The van der Waals surface area contributed by atoms with Crippen LogP contribution in [0.2, 0.25) is 5.15 Å². The average molecular weight is 324 g/mol. The normalized spacial score (nSPS) is 10.6. The summed E-state index contributed by atoms with van der Waals surface area (Å²) in [6.45, 7) is 1.91. The van der Waals surface area contributed by atoms with E-state index >= 15 is 0 Å². The van der Waals surface area contributed by atoms with Crippen molar-refractivity contribution in [3.05, 3.63) is 21.0 Å². The van der Waals surface area contributed by atoms with Crippen LogP contribution < -0.4 is 0 Å². The first kappa shape index (κ1) is 11.3. The van der Waals surface area contributed by atoms with Crippen molar-refractivity contribution < 1.29 is 0 Å². The minimum absolute atomic E-state index is 0.397. The Morgan fingerprint density at radius 1 is 1.40 bits per heavy atom. The standard InChI is InChI=1S/C7H4BrClN4S2/c1-3-12-13-7(14-3)15-6-4(8)5(9)10-2-11-6/h2H,1H3. The zero-order valence-corrected chi connectivity index (χ0v) is 11.4. The quantitative estimate of drug-likeness (QED) is 0.794. The van der Waals surface area contributed by atoms with Gasteiger partial charge in [0.2, 0.25) is 0 Å². The number of hydrogen-bond acceptors (Lipinski definition) is 6. The SMILES string of the molecule is Cc1nnc(Sc2ncnc(Cl)c2Br)s1. The number of nitrogens with zero attached hydrogens (tertiary/aromatic N) is 4. The summed E-state index contributed by atoms with van der Waals surface area (Å²) in [6, 6.07) is 0. The van der Waals surface area contributed by atoms with Crippen LogP contribution in [-0.4, -0.2) is 20.2 Å². The maximum Gasteiger partial charge on any atom is 0.180 e. The minimum Gasteiger partial charge on any atom is -0.228 e. The van der Waals surface area contributed by atoms with Gasteiger partial charge in [0.15, 0.2) is 4.34 Å². The third kappa shape index (κ3) is 2.66. The zero-order chi connectivity index (χ0) is 10.8. The molecule has 0 radical (unpaired) electrons. The van der Waals surface area contributed by atoms with Crippen LogP contribution in [0.4, 0.5) is 0 Å². The molecule has 8 heteroatoms. The molecule has 0 atom stereocenters. The maximum atomic E-state index is 5.84. The second-order valence-electron chi connectivity index (χ2n) is 2.47. The van der Waals surface area contributed by atoms with Crippen molar-refractivity contribution in [1.29, 1.82) is 0 Å². The van der Waals surface area contributed by atoms with Crippen LogP contribution in [0.15, 0.2) is 20.2 Å². The molecule has 78 valence electrons. The molecule has 0 bridgehead atoms. The summed E-state index contributed by atoms with van der Waals surface area (Å²) in [4.78, 5) is 7.95. The summed E-state index contributed by atoms with van der Waals surface area (Å²) in [5.74, 6) is 0. The maximum absolute atomic E-state index is 5.84. The first-order valence-corrected chi connectivity index (χ1v) is 6.61. The summed E-state index contributed by atoms with van der Waals surface area (Å²) in [5.41, 5.74) is 0. The van der Waals surface area contributed by atoms with E-state index in [0.717, 1.165) is 14.4 Å². The Kier molecular flexibility index (Phi) is 3.55. The molecule has 0 aliphatic rings. The zero-order valence-electron chi connectivity index (χ0n) is 7.44. The van der Waals surface area contributed by atoms with Gasteiger partial charge in [0.05, 0.1) is 4.47 Å². The molecule has 4 nitrogen and oxygen atoms in total. The van der Waals surface area contributed by atoms with Crippen molar-refractivity contribution in [2.45, 2.75) is 16.3 Å². The van der Waals surface area contributed by atoms with Gasteiger partial charge in [-0.15, -0.1) is 10.2 Å². The highest BCUT2D eigenvalue weighted by Gasteiger charge is 2.10. The Bertz CT molecular complexity index is 490. The highest BCUT2D eigenvalue weighted by atomic mass is 79.9. The van der Waals surface area contributed by atoms with Gasteiger partial charge < -0.3 is 0 Å². The molecule has 0 aliphatic heterocycles. The number of halogens is 2. The molecule has 0 aliphatic carbocycles. The Balaban J connectivity index is 2.28. The van der Waals surface area contributed by atoms with Crippen molar-refractivity contribution in [1.82, 2.24) is 20.2 Å². The molecule has 0 spiro atoms. The van der Waals surface area contributed by atoms with Crippen LogP contribution >= 0.6 is 50.6 Å². The van der Waals surface area contributed by atoms with Crippen LogP contribution in [-0.2, 0) is 0 Å². The second-order valence-corrected chi connectivity index (χ2v) is 6.04. The van der Waals surface area contributed by atoms with E-state index in [1.54, 1.807) is 0 Å². The fourth-order valence-corrected chi connectivity index (χ4v) is 3.16. The van der Waals surface area contributed by atoms with Gasteiger partial charge in [0.25, 0.3) is 0 Å². The van der Waals surface area contributed by atoms with Crippen LogP contribution in [0.1, 0.15) is 5.01 Å². The van der Waals surface area contributed by atoms with Crippen molar-refractivity contribution in [2.75, 3.05) is 0 Å². The molecular weight excluding hydrogens is 320 g/mol. The number of aryl methyl sites for hydroxylation is 1. The monoisotopic (exact) mass is 322 g/mol. The highest BCUT2D eigenvalue weighted by Crippen LogP contribution is 2.35. The molecule has 2 aromatic rings. The number of hydrogen-bond donors (Lipinski definition) is 0. The average Bonchev–Trinajstić information content (AvgIpc) is 2.59. The third-order valence-electron chi connectivity index (χ3n) is 1.41. The van der Waals surface area contributed by atoms with Gasteiger partial charge in [0.1, 0.15) is 21.5 Å². The van der Waals surface area contributed by atoms with E-state index in [9.17, 15) is 0 Å². The van der Waals surface area contributed by atoms with Crippen molar-refractivity contribution in [3.63, 3.8) is 0 Å².